The zero-order chi connectivity index (χ0) is 19.5. The number of carbonyl (C=O) groups is 1. The first-order valence-electron chi connectivity index (χ1n) is 9.48. The molecule has 0 amide bonds. The van der Waals surface area contributed by atoms with Gasteiger partial charge in [-0.1, -0.05) is 26.8 Å². The lowest BCUT2D eigenvalue weighted by Gasteiger charge is -2.15. The highest BCUT2D eigenvalue weighted by molar-refractivity contribution is 5.89. The molecule has 1 fully saturated rings. The van der Waals surface area contributed by atoms with Crippen LogP contribution in [0.25, 0.3) is 11.0 Å². The van der Waals surface area contributed by atoms with E-state index >= 15 is 0 Å². The highest BCUT2D eigenvalue weighted by Crippen LogP contribution is 2.51. The number of nitrogens with zero attached hydrogens (tertiary/aromatic N) is 1. The first-order chi connectivity index (χ1) is 13.3. The van der Waals surface area contributed by atoms with Crippen molar-refractivity contribution in [3.05, 3.63) is 47.7 Å². The third-order valence-electron chi connectivity index (χ3n) is 5.52. The Morgan fingerprint density at radius 2 is 1.89 bits per heavy atom. The van der Waals surface area contributed by atoms with E-state index in [-0.39, 0.29) is 18.2 Å². The van der Waals surface area contributed by atoms with Crippen LogP contribution >= 0.6 is 0 Å². The smallest absolute Gasteiger partial charge is 0.323 e. The summed E-state index contributed by atoms with van der Waals surface area (Å²) in [4.78, 5) is 20.9. The lowest BCUT2D eigenvalue weighted by atomic mass is 9.93. The first kappa shape index (κ1) is 17.1. The number of hydrogen-bond acceptors (Lipinski definition) is 5. The Kier molecular flexibility index (Phi) is 3.50. The van der Waals surface area contributed by atoms with Gasteiger partial charge in [0.25, 0.3) is 0 Å². The summed E-state index contributed by atoms with van der Waals surface area (Å²) in [5.41, 5.74) is 3.10. The quantitative estimate of drug-likeness (QED) is 0.691. The predicted molar refractivity (Wildman–Crippen MR) is 104 cm³/mol. The number of benzene rings is 1. The number of rotatable bonds is 3. The fourth-order valence-corrected chi connectivity index (χ4v) is 3.57. The zero-order valence-corrected chi connectivity index (χ0v) is 16.2. The molecule has 144 valence electrons. The number of pyridine rings is 1. The average molecular weight is 378 g/mol. The van der Waals surface area contributed by atoms with E-state index in [0.717, 1.165) is 35.1 Å². The number of nitrogens with one attached hydrogen (secondary N) is 1. The van der Waals surface area contributed by atoms with Crippen LogP contribution in [0.2, 0.25) is 0 Å². The second-order valence-corrected chi connectivity index (χ2v) is 8.55. The number of esters is 1. The van der Waals surface area contributed by atoms with Crippen LogP contribution in [-0.2, 0) is 15.6 Å². The number of H-pyrrole nitrogens is 1. The SMILES string of the molecule is CC(C)(C)c1cc2nc(OC(=O)C3(c4ccc5c(c4)OCO5)CC3)ccc2[nH]1. The Hall–Kier alpha value is -3.02. The summed E-state index contributed by atoms with van der Waals surface area (Å²) in [6.45, 7) is 6.63. The largest absolute Gasteiger partial charge is 0.454 e. The van der Waals surface area contributed by atoms with Crippen LogP contribution in [0.15, 0.2) is 36.4 Å². The molecule has 1 aromatic carbocycles. The molecule has 6 nitrogen and oxygen atoms in total. The molecule has 3 heterocycles. The third kappa shape index (κ3) is 2.71. The highest BCUT2D eigenvalue weighted by atomic mass is 16.7. The van der Waals surface area contributed by atoms with E-state index in [1.165, 1.54) is 0 Å². The van der Waals surface area contributed by atoms with E-state index in [0.29, 0.717) is 17.4 Å². The van der Waals surface area contributed by atoms with Gasteiger partial charge < -0.3 is 19.2 Å². The minimum absolute atomic E-state index is 0.00500. The number of aromatic amines is 1. The van der Waals surface area contributed by atoms with Crippen molar-refractivity contribution in [1.29, 1.82) is 0 Å². The zero-order valence-electron chi connectivity index (χ0n) is 16.2. The number of hydrogen-bond donors (Lipinski definition) is 1. The average Bonchev–Trinajstić information content (AvgIpc) is 3.13. The molecule has 0 saturated heterocycles. The lowest BCUT2D eigenvalue weighted by Crippen LogP contribution is -2.26. The minimum atomic E-state index is -0.619. The molecule has 2 aliphatic rings. The van der Waals surface area contributed by atoms with Gasteiger partial charge in [-0.25, -0.2) is 4.98 Å². The Morgan fingerprint density at radius 1 is 1.11 bits per heavy atom. The van der Waals surface area contributed by atoms with Crippen molar-refractivity contribution in [3.8, 4) is 17.4 Å². The predicted octanol–water partition coefficient (Wildman–Crippen LogP) is 4.23. The molecule has 1 aliphatic heterocycles. The van der Waals surface area contributed by atoms with Crippen molar-refractivity contribution in [2.45, 2.75) is 44.4 Å². The van der Waals surface area contributed by atoms with Gasteiger partial charge in [0, 0.05) is 17.2 Å². The maximum Gasteiger partial charge on any atom is 0.323 e. The van der Waals surface area contributed by atoms with Crippen LogP contribution in [0.1, 0.15) is 44.9 Å². The Bertz CT molecular complexity index is 1090. The molecule has 0 radical (unpaired) electrons. The number of ether oxygens (including phenoxy) is 3. The second-order valence-electron chi connectivity index (χ2n) is 8.55. The van der Waals surface area contributed by atoms with Crippen molar-refractivity contribution in [2.75, 3.05) is 6.79 Å². The molecule has 28 heavy (non-hydrogen) atoms. The summed E-state index contributed by atoms with van der Waals surface area (Å²) in [6, 6.07) is 11.3. The summed E-state index contributed by atoms with van der Waals surface area (Å²) in [7, 11) is 0. The molecule has 1 N–H and O–H groups in total. The van der Waals surface area contributed by atoms with Gasteiger partial charge in [-0.05, 0) is 42.7 Å². The summed E-state index contributed by atoms with van der Waals surface area (Å²) in [5, 5.41) is 0. The van der Waals surface area contributed by atoms with Crippen LogP contribution in [0, 0.1) is 0 Å². The molecular weight excluding hydrogens is 356 g/mol. The van der Waals surface area contributed by atoms with E-state index in [4.69, 9.17) is 14.2 Å². The van der Waals surface area contributed by atoms with Crippen molar-refractivity contribution in [2.24, 2.45) is 0 Å². The Morgan fingerprint density at radius 3 is 2.64 bits per heavy atom. The van der Waals surface area contributed by atoms with Gasteiger partial charge in [-0.15, -0.1) is 0 Å². The van der Waals surface area contributed by atoms with Crippen molar-refractivity contribution in [1.82, 2.24) is 9.97 Å². The van der Waals surface area contributed by atoms with E-state index in [1.54, 1.807) is 6.07 Å². The summed E-state index contributed by atoms with van der Waals surface area (Å²) < 4.78 is 16.5. The molecule has 3 aromatic rings. The van der Waals surface area contributed by atoms with Crippen LogP contribution in [0.5, 0.6) is 17.4 Å². The van der Waals surface area contributed by atoms with E-state index in [9.17, 15) is 4.79 Å². The van der Waals surface area contributed by atoms with Crippen LogP contribution in [0.4, 0.5) is 0 Å². The van der Waals surface area contributed by atoms with Crippen molar-refractivity contribution >= 4 is 17.0 Å². The molecule has 0 spiro atoms. The Balaban J connectivity index is 1.40. The number of fused-ring (bicyclic) bond motifs is 2. The Labute approximate surface area is 162 Å². The summed E-state index contributed by atoms with van der Waals surface area (Å²) >= 11 is 0. The van der Waals surface area contributed by atoms with Gasteiger partial charge in [0.1, 0.15) is 0 Å². The van der Waals surface area contributed by atoms with Crippen LogP contribution in [-0.4, -0.2) is 22.7 Å². The molecular formula is C22H22N2O4. The maximum absolute atomic E-state index is 13.0. The molecule has 6 heteroatoms. The van der Waals surface area contributed by atoms with Gasteiger partial charge in [0.15, 0.2) is 11.5 Å². The normalized spacial score (nSPS) is 17.0. The van der Waals surface area contributed by atoms with Gasteiger partial charge in [-0.2, -0.15) is 0 Å². The fourth-order valence-electron chi connectivity index (χ4n) is 3.57. The standard InChI is InChI=1S/C22H22N2O4/c1-21(2,3)18-11-15-14(23-18)5-7-19(24-15)28-20(25)22(8-9-22)13-4-6-16-17(10-13)27-12-26-16/h4-7,10-11,23H,8-9,12H2,1-3H3. The van der Waals surface area contributed by atoms with Crippen molar-refractivity contribution < 1.29 is 19.0 Å². The number of aromatic nitrogens is 2. The second kappa shape index (κ2) is 5.74. The molecule has 1 saturated carbocycles. The fraction of sp³-hybridized carbons (Fsp3) is 0.364. The first-order valence-corrected chi connectivity index (χ1v) is 9.48. The van der Waals surface area contributed by atoms with Crippen molar-refractivity contribution in [3.63, 3.8) is 0 Å². The lowest BCUT2D eigenvalue weighted by molar-refractivity contribution is -0.137. The van der Waals surface area contributed by atoms with E-state index in [2.05, 4.69) is 30.7 Å². The summed E-state index contributed by atoms with van der Waals surface area (Å²) in [6.07, 6.45) is 1.51. The number of carbonyl (C=O) groups excluding carboxylic acids is 1. The molecule has 5 rings (SSSR count). The molecule has 2 aromatic heterocycles. The highest BCUT2D eigenvalue weighted by Gasteiger charge is 2.53. The van der Waals surface area contributed by atoms with E-state index in [1.807, 2.05) is 30.3 Å². The molecule has 0 bridgehead atoms. The maximum atomic E-state index is 13.0. The van der Waals surface area contributed by atoms with Gasteiger partial charge in [0.2, 0.25) is 12.7 Å². The third-order valence-corrected chi connectivity index (χ3v) is 5.52. The van der Waals surface area contributed by atoms with Gasteiger partial charge >= 0.3 is 5.97 Å². The monoisotopic (exact) mass is 378 g/mol. The summed E-state index contributed by atoms with van der Waals surface area (Å²) in [5.74, 6) is 1.44. The molecule has 0 unspecified atom stereocenters. The molecule has 1 aliphatic carbocycles. The van der Waals surface area contributed by atoms with Gasteiger partial charge in [0.05, 0.1) is 16.4 Å². The van der Waals surface area contributed by atoms with Crippen LogP contribution in [0.3, 0.4) is 0 Å². The van der Waals surface area contributed by atoms with Gasteiger partial charge in [-0.3, -0.25) is 4.79 Å². The molecule has 0 atom stereocenters. The minimum Gasteiger partial charge on any atom is -0.454 e. The van der Waals surface area contributed by atoms with E-state index < -0.39 is 5.41 Å². The topological polar surface area (TPSA) is 73.4 Å². The van der Waals surface area contributed by atoms with Crippen LogP contribution < -0.4 is 14.2 Å².